The van der Waals surface area contributed by atoms with Gasteiger partial charge in [-0.15, -0.1) is 11.3 Å². The second kappa shape index (κ2) is 8.09. The minimum absolute atomic E-state index is 0.0493. The number of aliphatic hydroxyl groups excluding tert-OH is 1. The zero-order valence-corrected chi connectivity index (χ0v) is 15.4. The third-order valence-electron chi connectivity index (χ3n) is 4.42. The van der Waals surface area contributed by atoms with Crippen molar-refractivity contribution in [1.29, 1.82) is 0 Å². The van der Waals surface area contributed by atoms with Crippen molar-refractivity contribution in [2.75, 3.05) is 6.61 Å². The predicted molar refractivity (Wildman–Crippen MR) is 102 cm³/mol. The molecule has 2 unspecified atom stereocenters. The Morgan fingerprint density at radius 1 is 1.16 bits per heavy atom. The van der Waals surface area contributed by atoms with Gasteiger partial charge in [-0.05, 0) is 54.1 Å². The average molecular weight is 358 g/mol. The molecular formula is C21H23FO2S. The van der Waals surface area contributed by atoms with Gasteiger partial charge in [0.25, 0.3) is 0 Å². The quantitative estimate of drug-likeness (QED) is 0.606. The Bertz CT molecular complexity index is 810. The third kappa shape index (κ3) is 4.27. The van der Waals surface area contributed by atoms with Gasteiger partial charge in [0.2, 0.25) is 0 Å². The largest absolute Gasteiger partial charge is 0.393 e. The number of ether oxygens (including phenoxy) is 1. The fourth-order valence-electron chi connectivity index (χ4n) is 2.85. The van der Waals surface area contributed by atoms with Crippen molar-refractivity contribution in [1.82, 2.24) is 0 Å². The maximum Gasteiger partial charge on any atom is 0.126 e. The van der Waals surface area contributed by atoms with Gasteiger partial charge in [0, 0.05) is 16.0 Å². The SMILES string of the molecule is CCC(C)OC(CO)c1ccc(F)c(Cc2cc3ccccc3s2)c1. The lowest BCUT2D eigenvalue weighted by molar-refractivity contribution is -0.0341. The topological polar surface area (TPSA) is 29.5 Å². The van der Waals surface area contributed by atoms with Gasteiger partial charge < -0.3 is 9.84 Å². The van der Waals surface area contributed by atoms with Crippen LogP contribution in [0.25, 0.3) is 10.1 Å². The lowest BCUT2D eigenvalue weighted by atomic mass is 10.0. The molecule has 0 radical (unpaired) electrons. The van der Waals surface area contributed by atoms with E-state index in [1.54, 1.807) is 17.4 Å². The van der Waals surface area contributed by atoms with E-state index in [1.165, 1.54) is 16.2 Å². The second-order valence-corrected chi connectivity index (χ2v) is 7.47. The molecule has 1 N–H and O–H groups in total. The van der Waals surface area contributed by atoms with Crippen LogP contribution in [0.3, 0.4) is 0 Å². The summed E-state index contributed by atoms with van der Waals surface area (Å²) in [4.78, 5) is 1.13. The van der Waals surface area contributed by atoms with Crippen molar-refractivity contribution in [2.24, 2.45) is 0 Å². The van der Waals surface area contributed by atoms with Crippen molar-refractivity contribution < 1.29 is 14.2 Å². The predicted octanol–water partition coefficient (Wildman–Crippen LogP) is 5.48. The normalized spacial score (nSPS) is 13.9. The molecule has 0 aliphatic rings. The first-order chi connectivity index (χ1) is 12.1. The van der Waals surface area contributed by atoms with E-state index in [-0.39, 0.29) is 18.5 Å². The Morgan fingerprint density at radius 2 is 1.96 bits per heavy atom. The first kappa shape index (κ1) is 18.1. The van der Waals surface area contributed by atoms with E-state index in [9.17, 15) is 9.50 Å². The molecule has 0 aliphatic carbocycles. The van der Waals surface area contributed by atoms with Crippen LogP contribution in [-0.2, 0) is 11.2 Å². The summed E-state index contributed by atoms with van der Waals surface area (Å²) in [6.07, 6.45) is 1.04. The van der Waals surface area contributed by atoms with E-state index in [1.807, 2.05) is 32.0 Å². The molecule has 132 valence electrons. The fraction of sp³-hybridized carbons (Fsp3) is 0.333. The zero-order chi connectivity index (χ0) is 17.8. The summed E-state index contributed by atoms with van der Waals surface area (Å²) in [6.45, 7) is 3.90. The highest BCUT2D eigenvalue weighted by Gasteiger charge is 2.16. The Labute approximate surface area is 151 Å². The molecule has 2 nitrogen and oxygen atoms in total. The summed E-state index contributed by atoms with van der Waals surface area (Å²) in [6, 6.07) is 15.3. The van der Waals surface area contributed by atoms with E-state index in [2.05, 4.69) is 18.2 Å². The highest BCUT2D eigenvalue weighted by Crippen LogP contribution is 2.29. The van der Waals surface area contributed by atoms with Crippen LogP contribution in [0.2, 0.25) is 0 Å². The molecule has 1 heterocycles. The minimum Gasteiger partial charge on any atom is -0.393 e. The third-order valence-corrected chi connectivity index (χ3v) is 5.54. The molecule has 0 saturated heterocycles. The van der Waals surface area contributed by atoms with Crippen molar-refractivity contribution in [2.45, 2.75) is 38.9 Å². The van der Waals surface area contributed by atoms with E-state index in [4.69, 9.17) is 4.74 Å². The van der Waals surface area contributed by atoms with Crippen LogP contribution in [0.5, 0.6) is 0 Å². The van der Waals surface area contributed by atoms with Gasteiger partial charge in [0.1, 0.15) is 11.9 Å². The average Bonchev–Trinajstić information content (AvgIpc) is 3.03. The van der Waals surface area contributed by atoms with Gasteiger partial charge >= 0.3 is 0 Å². The monoisotopic (exact) mass is 358 g/mol. The molecule has 1 aromatic heterocycles. The van der Waals surface area contributed by atoms with Gasteiger partial charge in [-0.3, -0.25) is 0 Å². The fourth-order valence-corrected chi connectivity index (χ4v) is 3.93. The maximum atomic E-state index is 14.3. The van der Waals surface area contributed by atoms with Crippen molar-refractivity contribution in [3.05, 3.63) is 70.4 Å². The van der Waals surface area contributed by atoms with Crippen LogP contribution in [0, 0.1) is 5.82 Å². The summed E-state index contributed by atoms with van der Waals surface area (Å²) in [5.41, 5.74) is 1.45. The molecule has 0 spiro atoms. The number of fused-ring (bicyclic) bond motifs is 1. The maximum absolute atomic E-state index is 14.3. The molecule has 0 saturated carbocycles. The van der Waals surface area contributed by atoms with E-state index in [0.29, 0.717) is 12.0 Å². The van der Waals surface area contributed by atoms with Gasteiger partial charge in [0.15, 0.2) is 0 Å². The van der Waals surface area contributed by atoms with Gasteiger partial charge in [-0.25, -0.2) is 4.39 Å². The molecule has 0 amide bonds. The number of rotatable bonds is 7. The molecule has 3 aromatic rings. The second-order valence-electron chi connectivity index (χ2n) is 6.30. The highest BCUT2D eigenvalue weighted by atomic mass is 32.1. The van der Waals surface area contributed by atoms with Crippen LogP contribution in [0.4, 0.5) is 4.39 Å². The van der Waals surface area contributed by atoms with E-state index < -0.39 is 6.10 Å². The van der Waals surface area contributed by atoms with Gasteiger partial charge in [-0.1, -0.05) is 31.2 Å². The number of hydrogen-bond acceptors (Lipinski definition) is 3. The Morgan fingerprint density at radius 3 is 2.68 bits per heavy atom. The lowest BCUT2D eigenvalue weighted by Gasteiger charge is -2.21. The molecule has 2 atom stereocenters. The summed E-state index contributed by atoms with van der Waals surface area (Å²) in [5.74, 6) is -0.221. The van der Waals surface area contributed by atoms with Crippen molar-refractivity contribution in [3.8, 4) is 0 Å². The van der Waals surface area contributed by atoms with Gasteiger partial charge in [0.05, 0.1) is 12.7 Å². The summed E-state index contributed by atoms with van der Waals surface area (Å²) < 4.78 is 21.4. The van der Waals surface area contributed by atoms with Crippen molar-refractivity contribution in [3.63, 3.8) is 0 Å². The molecule has 0 fully saturated rings. The molecule has 25 heavy (non-hydrogen) atoms. The Balaban J connectivity index is 1.85. The van der Waals surface area contributed by atoms with Crippen LogP contribution >= 0.6 is 11.3 Å². The zero-order valence-electron chi connectivity index (χ0n) is 14.5. The van der Waals surface area contributed by atoms with Crippen LogP contribution < -0.4 is 0 Å². The first-order valence-electron chi connectivity index (χ1n) is 8.62. The van der Waals surface area contributed by atoms with Crippen molar-refractivity contribution >= 4 is 21.4 Å². The van der Waals surface area contributed by atoms with Crippen LogP contribution in [-0.4, -0.2) is 17.8 Å². The van der Waals surface area contributed by atoms with E-state index in [0.717, 1.165) is 16.9 Å². The summed E-state index contributed by atoms with van der Waals surface area (Å²) >= 11 is 1.69. The Kier molecular flexibility index (Phi) is 5.84. The van der Waals surface area contributed by atoms with E-state index >= 15 is 0 Å². The number of thiophene rings is 1. The number of hydrogen-bond donors (Lipinski definition) is 1. The van der Waals surface area contributed by atoms with Crippen LogP contribution in [0.15, 0.2) is 48.5 Å². The summed E-state index contributed by atoms with van der Waals surface area (Å²) in [5, 5.41) is 10.8. The molecular weight excluding hydrogens is 335 g/mol. The number of benzene rings is 2. The van der Waals surface area contributed by atoms with Crippen LogP contribution in [0.1, 0.15) is 42.4 Å². The molecule has 2 aromatic carbocycles. The Hall–Kier alpha value is -1.75. The molecule has 0 aliphatic heterocycles. The molecule has 0 bridgehead atoms. The number of aliphatic hydroxyl groups is 1. The summed E-state index contributed by atoms with van der Waals surface area (Å²) in [7, 11) is 0. The molecule has 3 rings (SSSR count). The lowest BCUT2D eigenvalue weighted by Crippen LogP contribution is -2.16. The minimum atomic E-state index is -0.420. The standard InChI is InChI=1S/C21H23FO2S/c1-3-14(2)24-20(13-23)15-8-9-19(22)17(10-15)12-18-11-16-6-4-5-7-21(16)25-18/h4-11,14,20,23H,3,12-13H2,1-2H3. The smallest absolute Gasteiger partial charge is 0.126 e. The highest BCUT2D eigenvalue weighted by molar-refractivity contribution is 7.19. The first-order valence-corrected chi connectivity index (χ1v) is 9.44. The van der Waals surface area contributed by atoms with Gasteiger partial charge in [-0.2, -0.15) is 0 Å². The number of halogens is 1. The molecule has 4 heteroatoms.